The lowest BCUT2D eigenvalue weighted by Crippen LogP contribution is -2.48. The highest BCUT2D eigenvalue weighted by Gasteiger charge is 2.29. The molecule has 0 spiro atoms. The standard InChI is InChI=1S/C21H25N3O3S/c1-16-3-7-19(8-4-16)28(26,27)24-13-11-23(12-14-24)18-6-9-20-17(15-18)5-10-21(25)22(20)2/h3-4,6-9,15H,5,10-14H2,1-2H3. The molecular formula is C21H25N3O3S. The van der Waals surface area contributed by atoms with Gasteiger partial charge in [0.1, 0.15) is 0 Å². The second kappa shape index (κ2) is 7.22. The summed E-state index contributed by atoms with van der Waals surface area (Å²) in [7, 11) is -1.64. The van der Waals surface area contributed by atoms with Gasteiger partial charge in [0, 0.05) is 51.0 Å². The van der Waals surface area contributed by atoms with Gasteiger partial charge in [-0.15, -0.1) is 0 Å². The number of rotatable bonds is 3. The van der Waals surface area contributed by atoms with E-state index in [1.807, 2.05) is 38.2 Å². The van der Waals surface area contributed by atoms with Gasteiger partial charge >= 0.3 is 0 Å². The van der Waals surface area contributed by atoms with Crippen molar-refractivity contribution in [3.8, 4) is 0 Å². The fraction of sp³-hybridized carbons (Fsp3) is 0.381. The van der Waals surface area contributed by atoms with Gasteiger partial charge in [-0.1, -0.05) is 17.7 Å². The van der Waals surface area contributed by atoms with Crippen molar-refractivity contribution in [1.82, 2.24) is 4.31 Å². The summed E-state index contributed by atoms with van der Waals surface area (Å²) in [6, 6.07) is 13.2. The Morgan fingerprint density at radius 2 is 1.57 bits per heavy atom. The number of hydrogen-bond donors (Lipinski definition) is 0. The van der Waals surface area contributed by atoms with Crippen LogP contribution in [0.1, 0.15) is 17.5 Å². The van der Waals surface area contributed by atoms with Crippen LogP contribution in [0.2, 0.25) is 0 Å². The van der Waals surface area contributed by atoms with Gasteiger partial charge in [0.25, 0.3) is 0 Å². The Labute approximate surface area is 166 Å². The van der Waals surface area contributed by atoms with Crippen LogP contribution in [-0.2, 0) is 21.2 Å². The SMILES string of the molecule is Cc1ccc(S(=O)(=O)N2CCN(c3ccc4c(c3)CCC(=O)N4C)CC2)cc1. The summed E-state index contributed by atoms with van der Waals surface area (Å²) < 4.78 is 27.3. The lowest BCUT2D eigenvalue weighted by Gasteiger charge is -2.36. The minimum Gasteiger partial charge on any atom is -0.369 e. The summed E-state index contributed by atoms with van der Waals surface area (Å²) in [5, 5.41) is 0. The van der Waals surface area contributed by atoms with Gasteiger partial charge in [0.2, 0.25) is 15.9 Å². The Morgan fingerprint density at radius 3 is 2.25 bits per heavy atom. The summed E-state index contributed by atoms with van der Waals surface area (Å²) >= 11 is 0. The molecular weight excluding hydrogens is 374 g/mol. The van der Waals surface area contributed by atoms with Crippen molar-refractivity contribution in [3.63, 3.8) is 0 Å². The number of benzene rings is 2. The average molecular weight is 400 g/mol. The summed E-state index contributed by atoms with van der Waals surface area (Å²) in [6.07, 6.45) is 1.30. The van der Waals surface area contributed by atoms with E-state index in [9.17, 15) is 13.2 Å². The first-order valence-corrected chi connectivity index (χ1v) is 11.0. The number of carbonyl (C=O) groups excluding carboxylic acids is 1. The molecule has 0 bridgehead atoms. The molecule has 6 nitrogen and oxygen atoms in total. The number of hydrogen-bond acceptors (Lipinski definition) is 4. The first-order chi connectivity index (χ1) is 13.4. The molecule has 2 heterocycles. The van der Waals surface area contributed by atoms with Gasteiger partial charge in [-0.05, 0) is 49.2 Å². The molecule has 0 atom stereocenters. The first kappa shape index (κ1) is 19.0. The Hall–Kier alpha value is -2.38. The molecule has 2 aliphatic heterocycles. The summed E-state index contributed by atoms with van der Waals surface area (Å²) in [4.78, 5) is 16.2. The fourth-order valence-corrected chi connectivity index (χ4v) is 5.31. The molecule has 0 aromatic heterocycles. The van der Waals surface area contributed by atoms with Crippen LogP contribution in [0.4, 0.5) is 11.4 Å². The van der Waals surface area contributed by atoms with Gasteiger partial charge < -0.3 is 9.80 Å². The first-order valence-electron chi connectivity index (χ1n) is 9.57. The Bertz CT molecular complexity index is 994. The van der Waals surface area contributed by atoms with E-state index in [4.69, 9.17) is 0 Å². The zero-order valence-electron chi connectivity index (χ0n) is 16.3. The Balaban J connectivity index is 1.47. The molecule has 0 saturated carbocycles. The van der Waals surface area contributed by atoms with E-state index in [1.165, 1.54) is 5.56 Å². The van der Waals surface area contributed by atoms with E-state index in [-0.39, 0.29) is 5.91 Å². The average Bonchev–Trinajstić information content (AvgIpc) is 2.71. The van der Waals surface area contributed by atoms with E-state index < -0.39 is 10.0 Å². The third kappa shape index (κ3) is 3.40. The number of piperazine rings is 1. The highest BCUT2D eigenvalue weighted by Crippen LogP contribution is 2.31. The quantitative estimate of drug-likeness (QED) is 0.795. The normalized spacial score (nSPS) is 18.3. The van der Waals surface area contributed by atoms with E-state index in [1.54, 1.807) is 21.3 Å². The number of aryl methyl sites for hydroxylation is 2. The molecule has 0 aliphatic carbocycles. The van der Waals surface area contributed by atoms with Crippen molar-refractivity contribution in [2.75, 3.05) is 43.0 Å². The van der Waals surface area contributed by atoms with Gasteiger partial charge in [-0.3, -0.25) is 4.79 Å². The lowest BCUT2D eigenvalue weighted by molar-refractivity contribution is -0.118. The topological polar surface area (TPSA) is 60.9 Å². The number of anilines is 2. The van der Waals surface area contributed by atoms with Gasteiger partial charge in [-0.2, -0.15) is 4.31 Å². The highest BCUT2D eigenvalue weighted by atomic mass is 32.2. The van der Waals surface area contributed by atoms with Crippen molar-refractivity contribution in [2.45, 2.75) is 24.7 Å². The molecule has 2 aliphatic rings. The van der Waals surface area contributed by atoms with Crippen LogP contribution < -0.4 is 9.80 Å². The molecule has 0 radical (unpaired) electrons. The van der Waals surface area contributed by atoms with Crippen molar-refractivity contribution in [1.29, 1.82) is 0 Å². The molecule has 0 N–H and O–H groups in total. The van der Waals surface area contributed by atoms with E-state index in [0.29, 0.717) is 37.5 Å². The second-order valence-electron chi connectivity index (χ2n) is 7.47. The van der Waals surface area contributed by atoms with Crippen LogP contribution >= 0.6 is 0 Å². The summed E-state index contributed by atoms with van der Waals surface area (Å²) in [5.41, 5.74) is 4.28. The summed E-state index contributed by atoms with van der Waals surface area (Å²) in [5.74, 6) is 0.148. The molecule has 148 valence electrons. The van der Waals surface area contributed by atoms with E-state index in [0.717, 1.165) is 23.4 Å². The van der Waals surface area contributed by atoms with Gasteiger partial charge in [0.05, 0.1) is 4.90 Å². The Kier molecular flexibility index (Phi) is 4.89. The molecule has 1 saturated heterocycles. The van der Waals surface area contributed by atoms with Crippen LogP contribution in [0.3, 0.4) is 0 Å². The third-order valence-corrected chi connectivity index (χ3v) is 7.58. The predicted molar refractivity (Wildman–Crippen MR) is 110 cm³/mol. The minimum atomic E-state index is -3.45. The Morgan fingerprint density at radius 1 is 0.893 bits per heavy atom. The van der Waals surface area contributed by atoms with Crippen LogP contribution in [0, 0.1) is 6.92 Å². The largest absolute Gasteiger partial charge is 0.369 e. The molecule has 1 amide bonds. The molecule has 2 aromatic carbocycles. The third-order valence-electron chi connectivity index (χ3n) is 5.67. The van der Waals surface area contributed by atoms with E-state index in [2.05, 4.69) is 11.0 Å². The number of fused-ring (bicyclic) bond motifs is 1. The zero-order valence-corrected chi connectivity index (χ0v) is 17.1. The minimum absolute atomic E-state index is 0.148. The molecule has 7 heteroatoms. The predicted octanol–water partition coefficient (Wildman–Crippen LogP) is 2.41. The maximum atomic E-state index is 12.9. The smallest absolute Gasteiger partial charge is 0.243 e. The fourth-order valence-electron chi connectivity index (χ4n) is 3.89. The molecule has 28 heavy (non-hydrogen) atoms. The van der Waals surface area contributed by atoms with Crippen LogP contribution in [0.5, 0.6) is 0 Å². The van der Waals surface area contributed by atoms with Crippen molar-refractivity contribution < 1.29 is 13.2 Å². The molecule has 0 unspecified atom stereocenters. The van der Waals surface area contributed by atoms with E-state index >= 15 is 0 Å². The number of amides is 1. The van der Waals surface area contributed by atoms with Crippen LogP contribution in [0.25, 0.3) is 0 Å². The van der Waals surface area contributed by atoms with Gasteiger partial charge in [0.15, 0.2) is 0 Å². The van der Waals surface area contributed by atoms with Crippen molar-refractivity contribution in [2.24, 2.45) is 0 Å². The van der Waals surface area contributed by atoms with Gasteiger partial charge in [-0.25, -0.2) is 8.42 Å². The van der Waals surface area contributed by atoms with Crippen molar-refractivity contribution in [3.05, 3.63) is 53.6 Å². The lowest BCUT2D eigenvalue weighted by atomic mass is 10.0. The monoisotopic (exact) mass is 399 g/mol. The van der Waals surface area contributed by atoms with Crippen LogP contribution in [0.15, 0.2) is 47.4 Å². The zero-order chi connectivity index (χ0) is 19.9. The highest BCUT2D eigenvalue weighted by molar-refractivity contribution is 7.89. The van der Waals surface area contributed by atoms with Crippen LogP contribution in [-0.4, -0.2) is 51.9 Å². The number of nitrogens with zero attached hydrogens (tertiary/aromatic N) is 3. The number of sulfonamides is 1. The molecule has 2 aromatic rings. The maximum Gasteiger partial charge on any atom is 0.243 e. The second-order valence-corrected chi connectivity index (χ2v) is 9.41. The number of carbonyl (C=O) groups is 1. The molecule has 1 fully saturated rings. The maximum absolute atomic E-state index is 12.9. The van der Waals surface area contributed by atoms with Crippen molar-refractivity contribution >= 4 is 27.3 Å². The molecule has 4 rings (SSSR count). The summed E-state index contributed by atoms with van der Waals surface area (Å²) in [6.45, 7) is 4.18.